The van der Waals surface area contributed by atoms with Gasteiger partial charge in [0.1, 0.15) is 11.7 Å². The van der Waals surface area contributed by atoms with Crippen LogP contribution in [0.3, 0.4) is 0 Å². The summed E-state index contributed by atoms with van der Waals surface area (Å²) in [5, 5.41) is 11.6. The van der Waals surface area contributed by atoms with Gasteiger partial charge in [0.15, 0.2) is 0 Å². The number of halogens is 1. The Hall–Kier alpha value is -1.89. The Morgan fingerprint density at radius 3 is 2.78 bits per heavy atom. The fourth-order valence-corrected chi connectivity index (χ4v) is 1.64. The monoisotopic (exact) mass is 248 g/mol. The van der Waals surface area contributed by atoms with E-state index in [9.17, 15) is 9.18 Å². The molecule has 0 bridgehead atoms. The highest BCUT2D eigenvalue weighted by Crippen LogP contribution is 2.09. The summed E-state index contributed by atoms with van der Waals surface area (Å²) in [5.41, 5.74) is 0.827. The van der Waals surface area contributed by atoms with Crippen LogP contribution in [0.15, 0.2) is 24.3 Å². The van der Waals surface area contributed by atoms with Crippen LogP contribution in [-0.2, 0) is 11.2 Å². The van der Waals surface area contributed by atoms with E-state index < -0.39 is 5.92 Å². The second-order valence-electron chi connectivity index (χ2n) is 4.52. The fourth-order valence-electron chi connectivity index (χ4n) is 1.64. The van der Waals surface area contributed by atoms with Crippen molar-refractivity contribution in [2.45, 2.75) is 20.3 Å². The van der Waals surface area contributed by atoms with E-state index in [2.05, 4.69) is 5.32 Å². The van der Waals surface area contributed by atoms with E-state index in [1.165, 1.54) is 12.1 Å². The Morgan fingerprint density at radius 1 is 1.50 bits per heavy atom. The van der Waals surface area contributed by atoms with Crippen LogP contribution in [-0.4, -0.2) is 12.5 Å². The third-order valence-electron chi connectivity index (χ3n) is 2.69. The maximum atomic E-state index is 12.9. The number of hydrogen-bond acceptors (Lipinski definition) is 2. The maximum Gasteiger partial charge on any atom is 0.237 e. The minimum Gasteiger partial charge on any atom is -0.355 e. The smallest absolute Gasteiger partial charge is 0.237 e. The van der Waals surface area contributed by atoms with Crippen molar-refractivity contribution in [2.24, 2.45) is 11.8 Å². The summed E-state index contributed by atoms with van der Waals surface area (Å²) in [6.07, 6.45) is 0.555. The molecule has 1 aromatic carbocycles. The number of nitriles is 1. The van der Waals surface area contributed by atoms with E-state index in [0.717, 1.165) is 5.56 Å². The molecule has 0 fully saturated rings. The summed E-state index contributed by atoms with van der Waals surface area (Å²) >= 11 is 0. The van der Waals surface area contributed by atoms with Gasteiger partial charge in [0, 0.05) is 6.54 Å². The fraction of sp³-hybridized carbons (Fsp3) is 0.429. The Morgan fingerprint density at radius 2 is 2.22 bits per heavy atom. The summed E-state index contributed by atoms with van der Waals surface area (Å²) in [5.74, 6) is -1.18. The van der Waals surface area contributed by atoms with E-state index in [4.69, 9.17) is 5.26 Å². The molecule has 18 heavy (non-hydrogen) atoms. The molecular formula is C14H17FN2O. The van der Waals surface area contributed by atoms with Crippen LogP contribution in [0.4, 0.5) is 4.39 Å². The molecule has 0 aromatic heterocycles. The molecular weight excluding hydrogens is 231 g/mol. The summed E-state index contributed by atoms with van der Waals surface area (Å²) in [4.78, 5) is 11.7. The lowest BCUT2D eigenvalue weighted by molar-refractivity contribution is -0.124. The quantitative estimate of drug-likeness (QED) is 0.869. The standard InChI is InChI=1S/C14H17FN2O/c1-10(2)13(9-16)14(18)17-7-6-11-4-3-5-12(15)8-11/h3-5,8,10,13H,6-7H2,1-2H3,(H,17,18). The SMILES string of the molecule is CC(C)C(C#N)C(=O)NCCc1cccc(F)c1. The normalized spacial score (nSPS) is 11.9. The van der Waals surface area contributed by atoms with E-state index in [-0.39, 0.29) is 17.6 Å². The maximum absolute atomic E-state index is 12.9. The molecule has 0 aliphatic rings. The van der Waals surface area contributed by atoms with Crippen LogP contribution in [0.2, 0.25) is 0 Å². The van der Waals surface area contributed by atoms with Crippen molar-refractivity contribution in [1.29, 1.82) is 5.26 Å². The largest absolute Gasteiger partial charge is 0.355 e. The lowest BCUT2D eigenvalue weighted by Gasteiger charge is -2.12. The molecule has 1 amide bonds. The number of benzene rings is 1. The van der Waals surface area contributed by atoms with Gasteiger partial charge in [0.05, 0.1) is 6.07 Å². The molecule has 0 radical (unpaired) electrons. The third kappa shape index (κ3) is 4.17. The number of carbonyl (C=O) groups is 1. The summed E-state index contributed by atoms with van der Waals surface area (Å²) in [6, 6.07) is 8.25. The van der Waals surface area contributed by atoms with E-state index in [1.807, 2.05) is 19.9 Å². The van der Waals surface area contributed by atoms with Crippen molar-refractivity contribution in [2.75, 3.05) is 6.54 Å². The Kier molecular flexibility index (Phi) is 5.31. The van der Waals surface area contributed by atoms with Gasteiger partial charge in [0.2, 0.25) is 5.91 Å². The highest BCUT2D eigenvalue weighted by molar-refractivity contribution is 5.81. The first-order chi connectivity index (χ1) is 8.54. The van der Waals surface area contributed by atoms with Gasteiger partial charge in [-0.2, -0.15) is 5.26 Å². The molecule has 96 valence electrons. The van der Waals surface area contributed by atoms with E-state index in [0.29, 0.717) is 13.0 Å². The average molecular weight is 248 g/mol. The number of nitrogens with zero attached hydrogens (tertiary/aromatic N) is 1. The van der Waals surface area contributed by atoms with Crippen molar-refractivity contribution >= 4 is 5.91 Å². The van der Waals surface area contributed by atoms with Gasteiger partial charge in [-0.05, 0) is 30.0 Å². The molecule has 1 aromatic rings. The molecule has 0 saturated heterocycles. The van der Waals surface area contributed by atoms with Crippen molar-refractivity contribution in [3.8, 4) is 6.07 Å². The molecule has 0 heterocycles. The van der Waals surface area contributed by atoms with Crippen molar-refractivity contribution in [3.63, 3.8) is 0 Å². The molecule has 0 aliphatic heterocycles. The van der Waals surface area contributed by atoms with Gasteiger partial charge in [-0.3, -0.25) is 4.79 Å². The number of carbonyl (C=O) groups excluding carboxylic acids is 1. The highest BCUT2D eigenvalue weighted by Gasteiger charge is 2.20. The van der Waals surface area contributed by atoms with Crippen molar-refractivity contribution < 1.29 is 9.18 Å². The topological polar surface area (TPSA) is 52.9 Å². The molecule has 3 nitrogen and oxygen atoms in total. The van der Waals surface area contributed by atoms with E-state index in [1.54, 1.807) is 12.1 Å². The minimum absolute atomic E-state index is 0.0100. The predicted molar refractivity (Wildman–Crippen MR) is 67.1 cm³/mol. The van der Waals surface area contributed by atoms with Crippen LogP contribution in [0.1, 0.15) is 19.4 Å². The molecule has 4 heteroatoms. The Bertz CT molecular complexity index is 451. The number of hydrogen-bond donors (Lipinski definition) is 1. The van der Waals surface area contributed by atoms with Gasteiger partial charge < -0.3 is 5.32 Å². The summed E-state index contributed by atoms with van der Waals surface area (Å²) in [7, 11) is 0. The first-order valence-corrected chi connectivity index (χ1v) is 5.96. The highest BCUT2D eigenvalue weighted by atomic mass is 19.1. The van der Waals surface area contributed by atoms with E-state index >= 15 is 0 Å². The Balaban J connectivity index is 2.43. The Labute approximate surface area is 107 Å². The van der Waals surface area contributed by atoms with Crippen LogP contribution in [0.5, 0.6) is 0 Å². The third-order valence-corrected chi connectivity index (χ3v) is 2.69. The zero-order chi connectivity index (χ0) is 13.5. The molecule has 1 rings (SSSR count). The zero-order valence-electron chi connectivity index (χ0n) is 10.6. The average Bonchev–Trinajstić information content (AvgIpc) is 2.29. The second kappa shape index (κ2) is 6.75. The molecule has 1 atom stereocenters. The minimum atomic E-state index is -0.627. The molecule has 1 unspecified atom stereocenters. The predicted octanol–water partition coefficient (Wildman–Crippen LogP) is 2.28. The van der Waals surface area contributed by atoms with Gasteiger partial charge in [-0.25, -0.2) is 4.39 Å². The molecule has 1 N–H and O–H groups in total. The lowest BCUT2D eigenvalue weighted by atomic mass is 9.96. The zero-order valence-corrected chi connectivity index (χ0v) is 10.6. The number of nitrogens with one attached hydrogen (secondary N) is 1. The summed E-state index contributed by atoms with van der Waals surface area (Å²) < 4.78 is 12.9. The number of rotatable bonds is 5. The van der Waals surface area contributed by atoms with Crippen LogP contribution in [0.25, 0.3) is 0 Å². The second-order valence-corrected chi connectivity index (χ2v) is 4.52. The van der Waals surface area contributed by atoms with Crippen molar-refractivity contribution in [3.05, 3.63) is 35.6 Å². The van der Waals surface area contributed by atoms with Crippen LogP contribution < -0.4 is 5.32 Å². The van der Waals surface area contributed by atoms with Gasteiger partial charge >= 0.3 is 0 Å². The molecule has 0 aliphatic carbocycles. The lowest BCUT2D eigenvalue weighted by Crippen LogP contribution is -2.34. The molecule has 0 saturated carbocycles. The van der Waals surface area contributed by atoms with Crippen LogP contribution >= 0.6 is 0 Å². The van der Waals surface area contributed by atoms with Gasteiger partial charge in [-0.15, -0.1) is 0 Å². The van der Waals surface area contributed by atoms with Gasteiger partial charge in [0.25, 0.3) is 0 Å². The first kappa shape index (κ1) is 14.2. The van der Waals surface area contributed by atoms with Gasteiger partial charge in [-0.1, -0.05) is 26.0 Å². The van der Waals surface area contributed by atoms with Crippen molar-refractivity contribution in [1.82, 2.24) is 5.32 Å². The first-order valence-electron chi connectivity index (χ1n) is 5.96. The number of amides is 1. The van der Waals surface area contributed by atoms with Crippen LogP contribution in [0, 0.1) is 29.0 Å². The molecule has 0 spiro atoms. The summed E-state index contributed by atoms with van der Waals surface area (Å²) in [6.45, 7) is 4.08.